The molecule has 1 N–H and O–H groups in total. The van der Waals surface area contributed by atoms with Gasteiger partial charge in [-0.1, -0.05) is 18.2 Å². The number of nitrogens with one attached hydrogen (secondary N) is 1. The SMILES string of the molecule is COc1c(I)cc(I)cc1/C=C(\C#N)C(=O)Nc1ccccc1C. The van der Waals surface area contributed by atoms with E-state index >= 15 is 0 Å². The van der Waals surface area contributed by atoms with Crippen LogP contribution in [0, 0.1) is 25.4 Å². The minimum Gasteiger partial charge on any atom is -0.495 e. The van der Waals surface area contributed by atoms with Gasteiger partial charge in [-0.15, -0.1) is 0 Å². The van der Waals surface area contributed by atoms with E-state index in [0.717, 1.165) is 12.7 Å². The molecule has 0 heterocycles. The van der Waals surface area contributed by atoms with Gasteiger partial charge < -0.3 is 10.1 Å². The lowest BCUT2D eigenvalue weighted by atomic mass is 10.1. The second-order valence-electron chi connectivity index (χ2n) is 4.95. The molecule has 24 heavy (non-hydrogen) atoms. The summed E-state index contributed by atoms with van der Waals surface area (Å²) < 4.78 is 7.32. The number of carbonyl (C=O) groups is 1. The van der Waals surface area contributed by atoms with Crippen molar-refractivity contribution in [3.63, 3.8) is 0 Å². The number of nitrogens with zero attached hydrogens (tertiary/aromatic N) is 1. The van der Waals surface area contributed by atoms with Gasteiger partial charge in [0.15, 0.2) is 0 Å². The summed E-state index contributed by atoms with van der Waals surface area (Å²) >= 11 is 4.36. The molecule has 2 aromatic rings. The molecule has 4 nitrogen and oxygen atoms in total. The largest absolute Gasteiger partial charge is 0.495 e. The van der Waals surface area contributed by atoms with Crippen molar-refractivity contribution in [1.82, 2.24) is 0 Å². The molecule has 6 heteroatoms. The molecule has 0 atom stereocenters. The number of methoxy groups -OCH3 is 1. The first-order chi connectivity index (χ1) is 11.5. The van der Waals surface area contributed by atoms with Crippen LogP contribution in [0.25, 0.3) is 6.08 Å². The fourth-order valence-corrected chi connectivity index (χ4v) is 4.22. The number of nitriles is 1. The highest BCUT2D eigenvalue weighted by Gasteiger charge is 2.14. The summed E-state index contributed by atoms with van der Waals surface area (Å²) in [4.78, 5) is 12.4. The van der Waals surface area contributed by atoms with Crippen LogP contribution < -0.4 is 10.1 Å². The third-order valence-electron chi connectivity index (χ3n) is 3.30. The Hall–Kier alpha value is -1.60. The van der Waals surface area contributed by atoms with Gasteiger partial charge in [0.05, 0.1) is 10.7 Å². The van der Waals surface area contributed by atoms with Crippen LogP contribution in [0.1, 0.15) is 11.1 Å². The fraction of sp³-hybridized carbons (Fsp3) is 0.111. The van der Waals surface area contributed by atoms with Gasteiger partial charge in [-0.05, 0) is 81.9 Å². The topological polar surface area (TPSA) is 62.1 Å². The number of aryl methyl sites for hydroxylation is 1. The highest BCUT2D eigenvalue weighted by molar-refractivity contribution is 14.1. The average Bonchev–Trinajstić information content (AvgIpc) is 2.54. The van der Waals surface area contributed by atoms with E-state index < -0.39 is 5.91 Å². The molecule has 0 fully saturated rings. The van der Waals surface area contributed by atoms with Crippen molar-refractivity contribution < 1.29 is 9.53 Å². The minimum atomic E-state index is -0.442. The predicted molar refractivity (Wildman–Crippen MR) is 112 cm³/mol. The van der Waals surface area contributed by atoms with Gasteiger partial charge in [-0.2, -0.15) is 5.26 Å². The normalized spacial score (nSPS) is 10.9. The molecule has 0 spiro atoms. The van der Waals surface area contributed by atoms with E-state index in [-0.39, 0.29) is 5.57 Å². The first-order valence-corrected chi connectivity index (χ1v) is 9.13. The molecule has 0 bridgehead atoms. The summed E-state index contributed by atoms with van der Waals surface area (Å²) in [5, 5.41) is 12.2. The first-order valence-electron chi connectivity index (χ1n) is 6.98. The second kappa shape index (κ2) is 8.48. The van der Waals surface area contributed by atoms with E-state index in [1.807, 2.05) is 43.3 Å². The zero-order valence-electron chi connectivity index (χ0n) is 13.1. The number of ether oxygens (including phenoxy) is 1. The van der Waals surface area contributed by atoms with E-state index in [2.05, 4.69) is 50.5 Å². The van der Waals surface area contributed by atoms with Crippen LogP contribution in [-0.4, -0.2) is 13.0 Å². The van der Waals surface area contributed by atoms with Crippen LogP contribution in [-0.2, 0) is 4.79 Å². The zero-order chi connectivity index (χ0) is 17.7. The minimum absolute atomic E-state index is 0.0225. The molecule has 0 aliphatic rings. The Kier molecular flexibility index (Phi) is 6.62. The molecule has 0 saturated carbocycles. The highest BCUT2D eigenvalue weighted by Crippen LogP contribution is 2.30. The summed E-state index contributed by atoms with van der Waals surface area (Å²) in [7, 11) is 1.57. The Morgan fingerprint density at radius 2 is 2.00 bits per heavy atom. The summed E-state index contributed by atoms with van der Waals surface area (Å²) in [6.07, 6.45) is 1.55. The van der Waals surface area contributed by atoms with Crippen LogP contribution in [0.3, 0.4) is 0 Å². The van der Waals surface area contributed by atoms with Crippen LogP contribution in [0.4, 0.5) is 5.69 Å². The van der Waals surface area contributed by atoms with E-state index in [0.29, 0.717) is 17.0 Å². The molecule has 1 amide bonds. The number of halogens is 2. The zero-order valence-corrected chi connectivity index (χ0v) is 17.4. The van der Waals surface area contributed by atoms with Crippen LogP contribution in [0.15, 0.2) is 42.0 Å². The molecule has 0 aliphatic carbocycles. The van der Waals surface area contributed by atoms with Gasteiger partial charge in [0.2, 0.25) is 0 Å². The fourth-order valence-electron chi connectivity index (χ4n) is 2.11. The molecule has 0 saturated heterocycles. The molecule has 122 valence electrons. The van der Waals surface area contributed by atoms with Gasteiger partial charge >= 0.3 is 0 Å². The summed E-state index contributed by atoms with van der Waals surface area (Å²) in [5.74, 6) is 0.204. The second-order valence-corrected chi connectivity index (χ2v) is 7.36. The number of hydrogen-bond acceptors (Lipinski definition) is 3. The van der Waals surface area contributed by atoms with Gasteiger partial charge in [0.1, 0.15) is 17.4 Å². The van der Waals surface area contributed by atoms with Gasteiger partial charge in [0.25, 0.3) is 5.91 Å². The van der Waals surface area contributed by atoms with Crippen LogP contribution in [0.2, 0.25) is 0 Å². The van der Waals surface area contributed by atoms with Crippen molar-refractivity contribution in [1.29, 1.82) is 5.26 Å². The number of amides is 1. The first kappa shape index (κ1) is 18.7. The third kappa shape index (κ3) is 4.48. The molecule has 0 radical (unpaired) electrons. The van der Waals surface area contributed by atoms with E-state index in [4.69, 9.17) is 4.74 Å². The lowest BCUT2D eigenvalue weighted by Gasteiger charge is -2.10. The van der Waals surface area contributed by atoms with Gasteiger partial charge in [-0.3, -0.25) is 4.79 Å². The van der Waals surface area contributed by atoms with Crippen molar-refractivity contribution in [2.24, 2.45) is 0 Å². The Balaban J connectivity index is 2.38. The van der Waals surface area contributed by atoms with Crippen molar-refractivity contribution in [3.05, 3.63) is 60.2 Å². The maximum Gasteiger partial charge on any atom is 0.266 e. The molecule has 0 aromatic heterocycles. The average molecular weight is 544 g/mol. The molecule has 2 rings (SSSR count). The number of hydrogen-bond donors (Lipinski definition) is 1. The van der Waals surface area contributed by atoms with Crippen LogP contribution >= 0.6 is 45.2 Å². The van der Waals surface area contributed by atoms with Crippen molar-refractivity contribution in [2.75, 3.05) is 12.4 Å². The van der Waals surface area contributed by atoms with E-state index in [1.54, 1.807) is 19.3 Å². The lowest BCUT2D eigenvalue weighted by Crippen LogP contribution is -2.14. The van der Waals surface area contributed by atoms with Crippen LogP contribution in [0.5, 0.6) is 5.75 Å². The Morgan fingerprint density at radius 3 is 2.62 bits per heavy atom. The summed E-state index contributed by atoms with van der Waals surface area (Å²) in [6.45, 7) is 1.90. The Morgan fingerprint density at radius 1 is 1.29 bits per heavy atom. The van der Waals surface area contributed by atoms with Gasteiger partial charge in [0, 0.05) is 14.8 Å². The van der Waals surface area contributed by atoms with Crippen molar-refractivity contribution in [2.45, 2.75) is 6.92 Å². The Labute approximate surface area is 168 Å². The molecule has 0 unspecified atom stereocenters. The van der Waals surface area contributed by atoms with Crippen molar-refractivity contribution >= 4 is 62.9 Å². The molecule has 0 aliphatic heterocycles. The number of para-hydroxylation sites is 1. The maximum absolute atomic E-state index is 12.4. The Bertz CT molecular complexity index is 855. The van der Waals surface area contributed by atoms with Crippen molar-refractivity contribution in [3.8, 4) is 11.8 Å². The lowest BCUT2D eigenvalue weighted by molar-refractivity contribution is -0.112. The maximum atomic E-state index is 12.4. The third-order valence-corrected chi connectivity index (χ3v) is 4.72. The highest BCUT2D eigenvalue weighted by atomic mass is 127. The molecular weight excluding hydrogens is 530 g/mol. The van der Waals surface area contributed by atoms with Gasteiger partial charge in [-0.25, -0.2) is 0 Å². The monoisotopic (exact) mass is 544 g/mol. The van der Waals surface area contributed by atoms with E-state index in [9.17, 15) is 10.1 Å². The predicted octanol–water partition coefficient (Wildman–Crippen LogP) is 4.76. The molecular formula is C18H14I2N2O2. The summed E-state index contributed by atoms with van der Waals surface area (Å²) in [6, 6.07) is 13.2. The number of benzene rings is 2. The number of carbonyl (C=O) groups excluding carboxylic acids is 1. The van der Waals surface area contributed by atoms with E-state index in [1.165, 1.54) is 0 Å². The quantitative estimate of drug-likeness (QED) is 0.344. The number of anilines is 1. The summed E-state index contributed by atoms with van der Waals surface area (Å²) in [5.41, 5.74) is 2.34. The smallest absolute Gasteiger partial charge is 0.266 e. The standard InChI is InChI=1S/C18H14I2N2O2/c1-11-5-3-4-6-16(11)22-18(23)13(10-21)7-12-8-14(19)9-15(20)17(12)24-2/h3-9H,1-2H3,(H,22,23)/b13-7+. The molecule has 2 aromatic carbocycles. The number of rotatable bonds is 4.